The average molecular weight is 298 g/mol. The van der Waals surface area contributed by atoms with Gasteiger partial charge in [-0.05, 0) is 37.6 Å². The van der Waals surface area contributed by atoms with Gasteiger partial charge in [0.1, 0.15) is 5.75 Å². The lowest BCUT2D eigenvalue weighted by Gasteiger charge is -2.14. The maximum Gasteiger partial charge on any atom is 0.239 e. The van der Waals surface area contributed by atoms with E-state index in [1.165, 1.54) is 0 Å². The number of amides is 1. The van der Waals surface area contributed by atoms with Gasteiger partial charge in [-0.15, -0.1) is 0 Å². The Labute approximate surface area is 131 Å². The van der Waals surface area contributed by atoms with Crippen molar-refractivity contribution in [2.45, 2.75) is 26.3 Å². The molecule has 0 heterocycles. The van der Waals surface area contributed by atoms with E-state index in [1.54, 1.807) is 0 Å². The van der Waals surface area contributed by atoms with Gasteiger partial charge in [0, 0.05) is 6.04 Å². The fourth-order valence-corrected chi connectivity index (χ4v) is 1.92. The minimum Gasteiger partial charge on any atom is -0.455 e. The Hall–Kier alpha value is -2.49. The van der Waals surface area contributed by atoms with Crippen molar-refractivity contribution in [3.63, 3.8) is 0 Å². The molecule has 2 aromatic carbocycles. The third-order valence-corrected chi connectivity index (χ3v) is 3.32. The quantitative estimate of drug-likeness (QED) is 0.817. The predicted octanol–water partition coefficient (Wildman–Crippen LogP) is 3.81. The van der Waals surface area contributed by atoms with Crippen molar-refractivity contribution in [2.24, 2.45) is 0 Å². The standard InChI is InChI=1S/C18H22N2O2/c1-3-14(2)20-18(21)13-19-16-11-7-8-12-17(16)22-15-9-5-4-6-10-15/h4-12,14,19H,3,13H2,1-2H3,(H,20,21). The van der Waals surface area contributed by atoms with Crippen LogP contribution in [0, 0.1) is 0 Å². The molecular formula is C18H22N2O2. The van der Waals surface area contributed by atoms with Gasteiger partial charge in [0.25, 0.3) is 0 Å². The van der Waals surface area contributed by atoms with Gasteiger partial charge in [0.15, 0.2) is 5.75 Å². The summed E-state index contributed by atoms with van der Waals surface area (Å²) in [6.07, 6.45) is 0.916. The van der Waals surface area contributed by atoms with Crippen molar-refractivity contribution in [3.05, 3.63) is 54.6 Å². The van der Waals surface area contributed by atoms with Gasteiger partial charge in [-0.3, -0.25) is 4.79 Å². The number of anilines is 1. The summed E-state index contributed by atoms with van der Waals surface area (Å²) < 4.78 is 5.85. The van der Waals surface area contributed by atoms with Crippen LogP contribution in [0.2, 0.25) is 0 Å². The Balaban J connectivity index is 1.98. The second-order valence-electron chi connectivity index (χ2n) is 5.14. The molecule has 1 atom stereocenters. The summed E-state index contributed by atoms with van der Waals surface area (Å²) in [7, 11) is 0. The normalized spacial score (nSPS) is 11.5. The van der Waals surface area contributed by atoms with Gasteiger partial charge in [-0.2, -0.15) is 0 Å². The number of hydrogen-bond acceptors (Lipinski definition) is 3. The lowest BCUT2D eigenvalue weighted by atomic mass is 10.2. The first-order valence-corrected chi connectivity index (χ1v) is 7.54. The van der Waals surface area contributed by atoms with Crippen LogP contribution in [0.25, 0.3) is 0 Å². The lowest BCUT2D eigenvalue weighted by Crippen LogP contribution is -2.36. The number of para-hydroxylation sites is 3. The molecule has 0 spiro atoms. The smallest absolute Gasteiger partial charge is 0.239 e. The van der Waals surface area contributed by atoms with Crippen LogP contribution in [0.15, 0.2) is 54.6 Å². The molecule has 0 saturated heterocycles. The van der Waals surface area contributed by atoms with Crippen LogP contribution < -0.4 is 15.4 Å². The molecule has 116 valence electrons. The second kappa shape index (κ2) is 8.08. The van der Waals surface area contributed by atoms with Crippen LogP contribution in [0.1, 0.15) is 20.3 Å². The number of nitrogens with one attached hydrogen (secondary N) is 2. The third kappa shape index (κ3) is 4.81. The van der Waals surface area contributed by atoms with Crippen molar-refractivity contribution < 1.29 is 9.53 Å². The fourth-order valence-electron chi connectivity index (χ4n) is 1.92. The Kier molecular flexibility index (Phi) is 5.83. The molecule has 4 nitrogen and oxygen atoms in total. The first kappa shape index (κ1) is 15.9. The highest BCUT2D eigenvalue weighted by molar-refractivity contribution is 5.81. The topological polar surface area (TPSA) is 50.4 Å². The van der Waals surface area contributed by atoms with Crippen LogP contribution in [0.5, 0.6) is 11.5 Å². The molecule has 0 fully saturated rings. The van der Waals surface area contributed by atoms with Crippen molar-refractivity contribution in [1.82, 2.24) is 5.32 Å². The Bertz CT molecular complexity index is 599. The molecule has 0 bridgehead atoms. The number of carbonyl (C=O) groups excluding carboxylic acids is 1. The number of ether oxygens (including phenoxy) is 1. The van der Waals surface area contributed by atoms with E-state index in [0.29, 0.717) is 5.75 Å². The maximum atomic E-state index is 11.8. The van der Waals surface area contributed by atoms with E-state index in [0.717, 1.165) is 17.9 Å². The Morgan fingerprint density at radius 1 is 1.09 bits per heavy atom. The maximum absolute atomic E-state index is 11.8. The van der Waals surface area contributed by atoms with E-state index < -0.39 is 0 Å². The van der Waals surface area contributed by atoms with Crippen molar-refractivity contribution >= 4 is 11.6 Å². The summed E-state index contributed by atoms with van der Waals surface area (Å²) in [4.78, 5) is 11.8. The van der Waals surface area contributed by atoms with Crippen molar-refractivity contribution in [2.75, 3.05) is 11.9 Å². The van der Waals surface area contributed by atoms with Gasteiger partial charge in [0.05, 0.1) is 12.2 Å². The highest BCUT2D eigenvalue weighted by atomic mass is 16.5. The van der Waals surface area contributed by atoms with Gasteiger partial charge in [-0.25, -0.2) is 0 Å². The molecule has 0 aliphatic carbocycles. The second-order valence-corrected chi connectivity index (χ2v) is 5.14. The zero-order chi connectivity index (χ0) is 15.8. The number of carbonyl (C=O) groups is 1. The zero-order valence-corrected chi connectivity index (χ0v) is 13.0. The number of benzene rings is 2. The van der Waals surface area contributed by atoms with E-state index in [4.69, 9.17) is 4.74 Å². The summed E-state index contributed by atoms with van der Waals surface area (Å²) >= 11 is 0. The minimum atomic E-state index is -0.0242. The molecule has 0 saturated carbocycles. The summed E-state index contributed by atoms with van der Waals surface area (Å²) in [6, 6.07) is 17.3. The highest BCUT2D eigenvalue weighted by Crippen LogP contribution is 2.28. The summed E-state index contributed by atoms with van der Waals surface area (Å²) in [5.41, 5.74) is 0.797. The van der Waals surface area contributed by atoms with Crippen LogP contribution in [-0.4, -0.2) is 18.5 Å². The zero-order valence-electron chi connectivity index (χ0n) is 13.0. The Morgan fingerprint density at radius 3 is 2.50 bits per heavy atom. The molecular weight excluding hydrogens is 276 g/mol. The molecule has 0 radical (unpaired) electrons. The predicted molar refractivity (Wildman–Crippen MR) is 89.3 cm³/mol. The van der Waals surface area contributed by atoms with E-state index in [9.17, 15) is 4.79 Å². The van der Waals surface area contributed by atoms with Gasteiger partial charge < -0.3 is 15.4 Å². The average Bonchev–Trinajstić information content (AvgIpc) is 2.55. The monoisotopic (exact) mass is 298 g/mol. The van der Waals surface area contributed by atoms with Crippen molar-refractivity contribution in [3.8, 4) is 11.5 Å². The van der Waals surface area contributed by atoms with Gasteiger partial charge in [0.2, 0.25) is 5.91 Å². The van der Waals surface area contributed by atoms with Crippen LogP contribution in [0.4, 0.5) is 5.69 Å². The van der Waals surface area contributed by atoms with E-state index in [-0.39, 0.29) is 18.5 Å². The minimum absolute atomic E-state index is 0.0242. The largest absolute Gasteiger partial charge is 0.455 e. The number of rotatable bonds is 7. The molecule has 0 aliphatic rings. The highest BCUT2D eigenvalue weighted by Gasteiger charge is 2.08. The van der Waals surface area contributed by atoms with Gasteiger partial charge in [-0.1, -0.05) is 37.3 Å². The SMILES string of the molecule is CCC(C)NC(=O)CNc1ccccc1Oc1ccccc1. The molecule has 0 aliphatic heterocycles. The van der Waals surface area contributed by atoms with Gasteiger partial charge >= 0.3 is 0 Å². The molecule has 22 heavy (non-hydrogen) atoms. The molecule has 2 N–H and O–H groups in total. The van der Waals surface area contributed by atoms with E-state index >= 15 is 0 Å². The molecule has 1 unspecified atom stereocenters. The molecule has 2 aromatic rings. The van der Waals surface area contributed by atoms with Crippen LogP contribution in [-0.2, 0) is 4.79 Å². The third-order valence-electron chi connectivity index (χ3n) is 3.32. The first-order chi connectivity index (χ1) is 10.7. The lowest BCUT2D eigenvalue weighted by molar-refractivity contribution is -0.120. The fraction of sp³-hybridized carbons (Fsp3) is 0.278. The summed E-state index contributed by atoms with van der Waals surface area (Å²) in [5.74, 6) is 1.44. The summed E-state index contributed by atoms with van der Waals surface area (Å²) in [5, 5.41) is 6.05. The molecule has 1 amide bonds. The van der Waals surface area contributed by atoms with Crippen LogP contribution >= 0.6 is 0 Å². The number of hydrogen-bond donors (Lipinski definition) is 2. The van der Waals surface area contributed by atoms with Crippen molar-refractivity contribution in [1.29, 1.82) is 0 Å². The first-order valence-electron chi connectivity index (χ1n) is 7.54. The summed E-state index contributed by atoms with van der Waals surface area (Å²) in [6.45, 7) is 4.26. The van der Waals surface area contributed by atoms with E-state index in [1.807, 2.05) is 68.4 Å². The molecule has 4 heteroatoms. The molecule has 0 aromatic heterocycles. The molecule has 2 rings (SSSR count). The van der Waals surface area contributed by atoms with E-state index in [2.05, 4.69) is 10.6 Å². The Morgan fingerprint density at radius 2 is 1.77 bits per heavy atom. The van der Waals surface area contributed by atoms with Crippen LogP contribution in [0.3, 0.4) is 0 Å².